The summed E-state index contributed by atoms with van der Waals surface area (Å²) < 4.78 is 10.7. The van der Waals surface area contributed by atoms with Crippen LogP contribution < -0.4 is 15.4 Å². The number of aromatic nitrogens is 2. The second kappa shape index (κ2) is 9.36. The average molecular weight is 378 g/mol. The predicted octanol–water partition coefficient (Wildman–Crippen LogP) is 4.54. The Labute approximate surface area is 163 Å². The topological polar surface area (TPSA) is 85.4 Å². The molecular formula is C21H22N4O3. The molecule has 3 rings (SSSR count). The molecule has 7 nitrogen and oxygen atoms in total. The fourth-order valence-corrected chi connectivity index (χ4v) is 2.58. The molecule has 1 aromatic heterocycles. The maximum atomic E-state index is 12.1. The van der Waals surface area contributed by atoms with E-state index >= 15 is 0 Å². The Hall–Kier alpha value is -3.61. The van der Waals surface area contributed by atoms with E-state index in [1.54, 1.807) is 37.4 Å². The number of benzene rings is 2. The summed E-state index contributed by atoms with van der Waals surface area (Å²) in [6, 6.07) is 16.5. The monoisotopic (exact) mass is 378 g/mol. The third kappa shape index (κ3) is 4.76. The zero-order valence-electron chi connectivity index (χ0n) is 15.8. The summed E-state index contributed by atoms with van der Waals surface area (Å²) >= 11 is 0. The lowest BCUT2D eigenvalue weighted by Gasteiger charge is -2.13. The van der Waals surface area contributed by atoms with E-state index in [1.807, 2.05) is 37.3 Å². The Morgan fingerprint density at radius 2 is 1.68 bits per heavy atom. The molecule has 0 bridgehead atoms. The van der Waals surface area contributed by atoms with Gasteiger partial charge in [0.25, 0.3) is 0 Å². The van der Waals surface area contributed by atoms with E-state index in [4.69, 9.17) is 9.47 Å². The van der Waals surface area contributed by atoms with E-state index in [-0.39, 0.29) is 0 Å². The largest absolute Gasteiger partial charge is 0.492 e. The SMILES string of the molecule is CCOC(=O)c1ccccc1Nc1nccc(Nc2ccccc2OCC)n1. The van der Waals surface area contributed by atoms with Gasteiger partial charge < -0.3 is 20.1 Å². The van der Waals surface area contributed by atoms with E-state index in [0.717, 1.165) is 11.4 Å². The molecule has 0 fully saturated rings. The first-order valence-corrected chi connectivity index (χ1v) is 9.06. The first-order chi connectivity index (χ1) is 13.7. The number of esters is 1. The highest BCUT2D eigenvalue weighted by molar-refractivity contribution is 5.96. The fourth-order valence-electron chi connectivity index (χ4n) is 2.58. The molecule has 0 aliphatic carbocycles. The lowest BCUT2D eigenvalue weighted by Crippen LogP contribution is -2.09. The van der Waals surface area contributed by atoms with Crippen molar-refractivity contribution in [2.24, 2.45) is 0 Å². The van der Waals surface area contributed by atoms with Crippen LogP contribution in [-0.2, 0) is 4.74 Å². The van der Waals surface area contributed by atoms with Crippen molar-refractivity contribution in [1.82, 2.24) is 9.97 Å². The Bertz CT molecular complexity index is 946. The summed E-state index contributed by atoms with van der Waals surface area (Å²) in [7, 11) is 0. The summed E-state index contributed by atoms with van der Waals surface area (Å²) in [4.78, 5) is 20.8. The Balaban J connectivity index is 1.81. The minimum atomic E-state index is -0.398. The molecule has 0 amide bonds. The van der Waals surface area contributed by atoms with Crippen molar-refractivity contribution in [2.45, 2.75) is 13.8 Å². The van der Waals surface area contributed by atoms with Crippen LogP contribution >= 0.6 is 0 Å². The standard InChI is InChI=1S/C21H22N4O3/c1-3-27-18-12-8-7-11-17(18)23-19-13-14-22-21(25-19)24-16-10-6-5-9-15(16)20(26)28-4-2/h5-14H,3-4H2,1-2H3,(H2,22,23,24,25). The van der Waals surface area contributed by atoms with Crippen molar-refractivity contribution in [3.05, 3.63) is 66.4 Å². The molecule has 0 unspecified atom stereocenters. The van der Waals surface area contributed by atoms with Crippen molar-refractivity contribution in [2.75, 3.05) is 23.8 Å². The van der Waals surface area contributed by atoms with Crippen molar-refractivity contribution in [1.29, 1.82) is 0 Å². The maximum absolute atomic E-state index is 12.1. The quantitative estimate of drug-likeness (QED) is 0.557. The zero-order chi connectivity index (χ0) is 19.8. The maximum Gasteiger partial charge on any atom is 0.340 e. The van der Waals surface area contributed by atoms with Crippen LogP contribution in [0.1, 0.15) is 24.2 Å². The van der Waals surface area contributed by atoms with Gasteiger partial charge in [0.15, 0.2) is 0 Å². The number of rotatable bonds is 8. The van der Waals surface area contributed by atoms with Crippen LogP contribution in [0.5, 0.6) is 5.75 Å². The number of para-hydroxylation sites is 3. The van der Waals surface area contributed by atoms with Crippen molar-refractivity contribution in [3.8, 4) is 5.75 Å². The first kappa shape index (κ1) is 19.2. The van der Waals surface area contributed by atoms with E-state index in [0.29, 0.717) is 36.2 Å². The Kier molecular flexibility index (Phi) is 6.41. The van der Waals surface area contributed by atoms with Gasteiger partial charge in [-0.2, -0.15) is 4.98 Å². The van der Waals surface area contributed by atoms with Gasteiger partial charge in [0.2, 0.25) is 5.95 Å². The molecule has 0 aliphatic rings. The van der Waals surface area contributed by atoms with E-state index in [1.165, 1.54) is 0 Å². The molecule has 3 aromatic rings. The van der Waals surface area contributed by atoms with Gasteiger partial charge in [-0.1, -0.05) is 24.3 Å². The highest BCUT2D eigenvalue weighted by Gasteiger charge is 2.13. The van der Waals surface area contributed by atoms with Gasteiger partial charge in [0.05, 0.1) is 30.2 Å². The second-order valence-corrected chi connectivity index (χ2v) is 5.71. The number of ether oxygens (including phenoxy) is 2. The van der Waals surface area contributed by atoms with Gasteiger partial charge in [-0.25, -0.2) is 9.78 Å². The van der Waals surface area contributed by atoms with Crippen molar-refractivity contribution < 1.29 is 14.3 Å². The van der Waals surface area contributed by atoms with Gasteiger partial charge >= 0.3 is 5.97 Å². The van der Waals surface area contributed by atoms with Crippen LogP contribution in [0.3, 0.4) is 0 Å². The van der Waals surface area contributed by atoms with E-state index in [2.05, 4.69) is 20.6 Å². The summed E-state index contributed by atoms with van der Waals surface area (Å²) in [6.07, 6.45) is 1.63. The van der Waals surface area contributed by atoms with Gasteiger partial charge in [0, 0.05) is 6.20 Å². The molecule has 0 spiro atoms. The van der Waals surface area contributed by atoms with Crippen LogP contribution in [0.2, 0.25) is 0 Å². The molecule has 7 heteroatoms. The minimum Gasteiger partial charge on any atom is -0.492 e. The van der Waals surface area contributed by atoms with Gasteiger partial charge in [-0.3, -0.25) is 0 Å². The average Bonchev–Trinajstić information content (AvgIpc) is 2.71. The van der Waals surface area contributed by atoms with Gasteiger partial charge in [-0.15, -0.1) is 0 Å². The zero-order valence-corrected chi connectivity index (χ0v) is 15.8. The predicted molar refractivity (Wildman–Crippen MR) is 109 cm³/mol. The Morgan fingerprint density at radius 3 is 2.46 bits per heavy atom. The molecule has 28 heavy (non-hydrogen) atoms. The number of carbonyl (C=O) groups excluding carboxylic acids is 1. The summed E-state index contributed by atoms with van der Waals surface area (Å²) in [5, 5.41) is 6.32. The van der Waals surface area contributed by atoms with Crippen LogP contribution in [0.15, 0.2) is 60.8 Å². The number of hydrogen-bond donors (Lipinski definition) is 2. The molecule has 0 radical (unpaired) electrons. The lowest BCUT2D eigenvalue weighted by molar-refractivity contribution is 0.0527. The normalized spacial score (nSPS) is 10.2. The summed E-state index contributed by atoms with van der Waals surface area (Å²) in [5.41, 5.74) is 1.81. The second-order valence-electron chi connectivity index (χ2n) is 5.71. The number of carbonyl (C=O) groups is 1. The number of hydrogen-bond acceptors (Lipinski definition) is 7. The molecule has 0 saturated heterocycles. The molecule has 2 N–H and O–H groups in total. The smallest absolute Gasteiger partial charge is 0.340 e. The molecular weight excluding hydrogens is 356 g/mol. The van der Waals surface area contributed by atoms with Gasteiger partial charge in [-0.05, 0) is 44.2 Å². The number of nitrogens with zero attached hydrogens (tertiary/aromatic N) is 2. The molecule has 2 aromatic carbocycles. The number of nitrogens with one attached hydrogen (secondary N) is 2. The number of anilines is 4. The summed E-state index contributed by atoms with van der Waals surface area (Å²) in [6.45, 7) is 4.58. The molecule has 144 valence electrons. The van der Waals surface area contributed by atoms with Crippen molar-refractivity contribution >= 4 is 29.1 Å². The minimum absolute atomic E-state index is 0.308. The van der Waals surface area contributed by atoms with E-state index in [9.17, 15) is 4.79 Å². The lowest BCUT2D eigenvalue weighted by atomic mass is 10.2. The van der Waals surface area contributed by atoms with Crippen LogP contribution in [0.4, 0.5) is 23.1 Å². The third-order valence-corrected chi connectivity index (χ3v) is 3.77. The van der Waals surface area contributed by atoms with Crippen LogP contribution in [0.25, 0.3) is 0 Å². The fraction of sp³-hybridized carbons (Fsp3) is 0.190. The molecule has 0 aliphatic heterocycles. The van der Waals surface area contributed by atoms with Crippen LogP contribution in [-0.4, -0.2) is 29.2 Å². The van der Waals surface area contributed by atoms with E-state index < -0.39 is 5.97 Å². The summed E-state index contributed by atoms with van der Waals surface area (Å²) in [5.74, 6) is 1.30. The van der Waals surface area contributed by atoms with Crippen LogP contribution in [0, 0.1) is 0 Å². The Morgan fingerprint density at radius 1 is 0.929 bits per heavy atom. The third-order valence-electron chi connectivity index (χ3n) is 3.77. The highest BCUT2D eigenvalue weighted by atomic mass is 16.5. The van der Waals surface area contributed by atoms with Crippen molar-refractivity contribution in [3.63, 3.8) is 0 Å². The molecule has 0 atom stereocenters. The van der Waals surface area contributed by atoms with Gasteiger partial charge in [0.1, 0.15) is 11.6 Å². The molecule has 1 heterocycles. The first-order valence-electron chi connectivity index (χ1n) is 9.06. The highest BCUT2D eigenvalue weighted by Crippen LogP contribution is 2.27. The molecule has 0 saturated carbocycles.